The van der Waals surface area contributed by atoms with Gasteiger partial charge >= 0.3 is 5.97 Å². The Bertz CT molecular complexity index is 608. The molecule has 0 fully saturated rings. The summed E-state index contributed by atoms with van der Waals surface area (Å²) >= 11 is 1.72. The highest BCUT2D eigenvalue weighted by Gasteiger charge is 2.14. The van der Waals surface area contributed by atoms with Gasteiger partial charge in [0.25, 0.3) is 0 Å². The first-order valence-corrected chi connectivity index (χ1v) is 7.58. The maximum absolute atomic E-state index is 10.9. The van der Waals surface area contributed by atoms with Crippen LogP contribution in [0.25, 0.3) is 0 Å². The molecule has 0 saturated carbocycles. The molecular formula is C16H18O3S. The topological polar surface area (TPSA) is 50.4 Å². The summed E-state index contributed by atoms with van der Waals surface area (Å²) in [5.41, 5.74) is 4.50. The van der Waals surface area contributed by atoms with E-state index >= 15 is 0 Å². The van der Waals surface area contributed by atoms with E-state index in [1.807, 2.05) is 0 Å². The third-order valence-corrected chi connectivity index (χ3v) is 3.98. The van der Waals surface area contributed by atoms with E-state index in [0.717, 1.165) is 5.75 Å². The quantitative estimate of drug-likeness (QED) is 0.890. The summed E-state index contributed by atoms with van der Waals surface area (Å²) in [4.78, 5) is 10.9. The van der Waals surface area contributed by atoms with Crippen LogP contribution in [0.2, 0.25) is 0 Å². The Labute approximate surface area is 123 Å². The molecule has 0 saturated heterocycles. The highest BCUT2D eigenvalue weighted by molar-refractivity contribution is 7.97. The molecule has 0 unspecified atom stereocenters. The van der Waals surface area contributed by atoms with Gasteiger partial charge in [0, 0.05) is 11.3 Å². The Hall–Kier alpha value is -1.68. The van der Waals surface area contributed by atoms with E-state index in [0.29, 0.717) is 17.1 Å². The normalized spacial score (nSPS) is 10.8. The third-order valence-electron chi connectivity index (χ3n) is 2.96. The molecule has 0 atom stereocenters. The van der Waals surface area contributed by atoms with Crippen LogP contribution in [-0.2, 0) is 11.5 Å². The van der Waals surface area contributed by atoms with Crippen molar-refractivity contribution in [2.45, 2.75) is 32.3 Å². The molecule has 1 heterocycles. The minimum Gasteiger partial charge on any atom is -0.475 e. The van der Waals surface area contributed by atoms with E-state index in [1.54, 1.807) is 24.8 Å². The summed E-state index contributed by atoms with van der Waals surface area (Å²) in [6.07, 6.45) is 0. The third kappa shape index (κ3) is 3.67. The maximum Gasteiger partial charge on any atom is 0.372 e. The second-order valence-corrected chi connectivity index (χ2v) is 6.00. The molecule has 106 valence electrons. The zero-order valence-corrected chi connectivity index (χ0v) is 12.7. The maximum atomic E-state index is 10.9. The van der Waals surface area contributed by atoms with Gasteiger partial charge < -0.3 is 9.52 Å². The average Bonchev–Trinajstić information content (AvgIpc) is 2.69. The molecule has 20 heavy (non-hydrogen) atoms. The van der Waals surface area contributed by atoms with Crippen LogP contribution in [0.5, 0.6) is 0 Å². The average molecular weight is 290 g/mol. The summed E-state index contributed by atoms with van der Waals surface area (Å²) in [6.45, 7) is 5.94. The number of thioether (sulfide) groups is 1. The molecule has 0 aliphatic rings. The number of furan rings is 1. The fourth-order valence-corrected chi connectivity index (χ4v) is 3.10. The molecule has 2 rings (SSSR count). The van der Waals surface area contributed by atoms with E-state index in [2.05, 4.69) is 32.0 Å². The Morgan fingerprint density at radius 3 is 2.30 bits per heavy atom. The number of benzene rings is 1. The molecule has 0 spiro atoms. The van der Waals surface area contributed by atoms with Gasteiger partial charge in [-0.25, -0.2) is 4.79 Å². The van der Waals surface area contributed by atoms with Crippen LogP contribution >= 0.6 is 11.8 Å². The Morgan fingerprint density at radius 2 is 1.75 bits per heavy atom. The Morgan fingerprint density at radius 1 is 1.10 bits per heavy atom. The lowest BCUT2D eigenvalue weighted by molar-refractivity contribution is 0.0659. The molecule has 1 aromatic heterocycles. The highest BCUT2D eigenvalue weighted by Crippen LogP contribution is 2.23. The van der Waals surface area contributed by atoms with Gasteiger partial charge in [-0.05, 0) is 32.4 Å². The molecule has 2 aromatic rings. The minimum atomic E-state index is -1.01. The van der Waals surface area contributed by atoms with E-state index in [9.17, 15) is 4.79 Å². The zero-order chi connectivity index (χ0) is 14.7. The van der Waals surface area contributed by atoms with Crippen LogP contribution in [0.1, 0.15) is 38.6 Å². The summed E-state index contributed by atoms with van der Waals surface area (Å²) in [6, 6.07) is 8.31. The molecule has 0 radical (unpaired) electrons. The van der Waals surface area contributed by atoms with Crippen molar-refractivity contribution in [3.63, 3.8) is 0 Å². The van der Waals surface area contributed by atoms with Gasteiger partial charge in [0.15, 0.2) is 0 Å². The number of rotatable bonds is 5. The number of carboxylic acids is 1. The predicted molar refractivity (Wildman–Crippen MR) is 81.3 cm³/mol. The van der Waals surface area contributed by atoms with Crippen LogP contribution in [0.15, 0.2) is 28.7 Å². The first kappa shape index (κ1) is 14.7. The van der Waals surface area contributed by atoms with Crippen LogP contribution in [0.4, 0.5) is 0 Å². The Balaban J connectivity index is 1.96. The monoisotopic (exact) mass is 290 g/mol. The lowest BCUT2D eigenvalue weighted by Gasteiger charge is -2.04. The number of carboxylic acid groups (broad SMARTS) is 1. The number of hydrogen-bond donors (Lipinski definition) is 1. The smallest absolute Gasteiger partial charge is 0.372 e. The van der Waals surface area contributed by atoms with Crippen molar-refractivity contribution in [2.75, 3.05) is 0 Å². The van der Waals surface area contributed by atoms with Crippen molar-refractivity contribution < 1.29 is 14.3 Å². The van der Waals surface area contributed by atoms with E-state index in [4.69, 9.17) is 9.52 Å². The van der Waals surface area contributed by atoms with Crippen LogP contribution in [-0.4, -0.2) is 11.1 Å². The van der Waals surface area contributed by atoms with Crippen molar-refractivity contribution in [2.24, 2.45) is 0 Å². The Kier molecular flexibility index (Phi) is 4.55. The fraction of sp³-hybridized carbons (Fsp3) is 0.312. The van der Waals surface area contributed by atoms with Gasteiger partial charge in [-0.1, -0.05) is 29.3 Å². The summed E-state index contributed by atoms with van der Waals surface area (Å²) in [5, 5.41) is 8.94. The first-order chi connectivity index (χ1) is 9.45. The molecule has 1 N–H and O–H groups in total. The van der Waals surface area contributed by atoms with E-state index in [1.165, 1.54) is 16.7 Å². The molecule has 0 aliphatic heterocycles. The highest BCUT2D eigenvalue weighted by atomic mass is 32.2. The van der Waals surface area contributed by atoms with Crippen LogP contribution < -0.4 is 0 Å². The van der Waals surface area contributed by atoms with Gasteiger partial charge in [-0.3, -0.25) is 0 Å². The van der Waals surface area contributed by atoms with Crippen molar-refractivity contribution in [3.05, 3.63) is 58.0 Å². The van der Waals surface area contributed by atoms with Crippen molar-refractivity contribution in [1.29, 1.82) is 0 Å². The SMILES string of the molecule is Cc1cc(C)cc(CSCc2cc(C)c(C(=O)O)o2)c1. The summed E-state index contributed by atoms with van der Waals surface area (Å²) in [7, 11) is 0. The lowest BCUT2D eigenvalue weighted by atomic mass is 10.1. The molecule has 1 aromatic carbocycles. The van der Waals surface area contributed by atoms with Crippen molar-refractivity contribution in [3.8, 4) is 0 Å². The lowest BCUT2D eigenvalue weighted by Crippen LogP contribution is -1.94. The number of aryl methyl sites for hydroxylation is 3. The summed E-state index contributed by atoms with van der Waals surface area (Å²) < 4.78 is 5.34. The second-order valence-electron chi connectivity index (χ2n) is 5.02. The largest absolute Gasteiger partial charge is 0.475 e. The predicted octanol–water partition coefficient (Wildman–Crippen LogP) is 4.34. The van der Waals surface area contributed by atoms with Gasteiger partial charge in [-0.15, -0.1) is 11.8 Å². The molecule has 0 amide bonds. The molecule has 0 bridgehead atoms. The number of hydrogen-bond acceptors (Lipinski definition) is 3. The first-order valence-electron chi connectivity index (χ1n) is 6.43. The number of aromatic carboxylic acids is 1. The molecule has 3 nitrogen and oxygen atoms in total. The summed E-state index contributed by atoms with van der Waals surface area (Å²) in [5.74, 6) is 1.33. The molecular weight excluding hydrogens is 272 g/mol. The second kappa shape index (κ2) is 6.18. The minimum absolute atomic E-state index is 0.0481. The van der Waals surface area contributed by atoms with Gasteiger partial charge in [0.1, 0.15) is 5.76 Å². The van der Waals surface area contributed by atoms with E-state index < -0.39 is 5.97 Å². The van der Waals surface area contributed by atoms with Crippen molar-refractivity contribution in [1.82, 2.24) is 0 Å². The van der Waals surface area contributed by atoms with Gasteiger partial charge in [0.2, 0.25) is 5.76 Å². The van der Waals surface area contributed by atoms with Crippen LogP contribution in [0.3, 0.4) is 0 Å². The zero-order valence-electron chi connectivity index (χ0n) is 11.9. The van der Waals surface area contributed by atoms with Gasteiger partial charge in [0.05, 0.1) is 5.75 Å². The standard InChI is InChI=1S/C16H18O3S/c1-10-4-11(2)6-13(5-10)8-20-9-14-7-12(3)15(19-14)16(17)18/h4-7H,8-9H2,1-3H3,(H,17,18). The van der Waals surface area contributed by atoms with Crippen molar-refractivity contribution >= 4 is 17.7 Å². The molecule has 4 heteroatoms. The number of carbonyl (C=O) groups is 1. The van der Waals surface area contributed by atoms with Crippen LogP contribution in [0, 0.1) is 20.8 Å². The molecule has 0 aliphatic carbocycles. The fourth-order valence-electron chi connectivity index (χ4n) is 2.25. The van der Waals surface area contributed by atoms with E-state index in [-0.39, 0.29) is 5.76 Å². The van der Waals surface area contributed by atoms with Gasteiger partial charge in [-0.2, -0.15) is 0 Å².